The largest absolute Gasteiger partial charge is 0.491 e. The van der Waals surface area contributed by atoms with Crippen molar-refractivity contribution in [3.05, 3.63) is 29.8 Å². The number of benzene rings is 1. The summed E-state index contributed by atoms with van der Waals surface area (Å²) < 4.78 is 5.70. The molecular formula is C17H23NO4. The van der Waals surface area contributed by atoms with Crippen molar-refractivity contribution in [2.75, 3.05) is 0 Å². The third kappa shape index (κ3) is 3.78. The number of hydrogen-bond acceptors (Lipinski definition) is 3. The Hall–Kier alpha value is -2.04. The van der Waals surface area contributed by atoms with Crippen LogP contribution in [0.3, 0.4) is 0 Å². The van der Waals surface area contributed by atoms with Crippen LogP contribution < -0.4 is 10.1 Å². The lowest BCUT2D eigenvalue weighted by Gasteiger charge is -2.36. The molecule has 0 atom stereocenters. The van der Waals surface area contributed by atoms with E-state index in [4.69, 9.17) is 4.74 Å². The Labute approximate surface area is 130 Å². The van der Waals surface area contributed by atoms with Gasteiger partial charge >= 0.3 is 5.97 Å². The van der Waals surface area contributed by atoms with E-state index in [0.717, 1.165) is 17.7 Å². The first kappa shape index (κ1) is 16.3. The Morgan fingerprint density at radius 3 is 2.55 bits per heavy atom. The summed E-state index contributed by atoms with van der Waals surface area (Å²) in [6, 6.07) is 7.54. The van der Waals surface area contributed by atoms with Crippen LogP contribution in [0.15, 0.2) is 24.3 Å². The minimum Gasteiger partial charge on any atom is -0.491 e. The molecule has 0 spiro atoms. The first-order chi connectivity index (χ1) is 10.4. The molecule has 2 N–H and O–H groups in total. The topological polar surface area (TPSA) is 75.6 Å². The van der Waals surface area contributed by atoms with Gasteiger partial charge in [-0.05, 0) is 32.8 Å². The maximum absolute atomic E-state index is 12.0. The van der Waals surface area contributed by atoms with E-state index in [2.05, 4.69) is 5.32 Å². The quantitative estimate of drug-likeness (QED) is 0.812. The number of nitrogens with one attached hydrogen (secondary N) is 1. The molecule has 2 rings (SSSR count). The van der Waals surface area contributed by atoms with Gasteiger partial charge < -0.3 is 15.2 Å². The van der Waals surface area contributed by atoms with Crippen molar-refractivity contribution in [3.63, 3.8) is 0 Å². The Morgan fingerprint density at radius 2 is 2.00 bits per heavy atom. The van der Waals surface area contributed by atoms with Gasteiger partial charge in [0.25, 0.3) is 0 Å². The van der Waals surface area contributed by atoms with Gasteiger partial charge in [0.1, 0.15) is 5.75 Å². The molecule has 0 unspecified atom stereocenters. The van der Waals surface area contributed by atoms with Crippen molar-refractivity contribution >= 4 is 11.9 Å². The lowest BCUT2D eigenvalue weighted by molar-refractivity contribution is -0.157. The second-order valence-corrected chi connectivity index (χ2v) is 6.17. The number of carbonyl (C=O) groups excluding carboxylic acids is 1. The van der Waals surface area contributed by atoms with Crippen molar-refractivity contribution < 1.29 is 19.4 Å². The van der Waals surface area contributed by atoms with E-state index in [1.54, 1.807) is 0 Å². The second kappa shape index (κ2) is 6.81. The molecule has 0 heterocycles. The van der Waals surface area contributed by atoms with Gasteiger partial charge in [-0.25, -0.2) is 0 Å². The van der Waals surface area contributed by atoms with Crippen molar-refractivity contribution in [3.8, 4) is 5.75 Å². The van der Waals surface area contributed by atoms with Crippen LogP contribution in [-0.4, -0.2) is 23.1 Å². The van der Waals surface area contributed by atoms with Gasteiger partial charge in [-0.3, -0.25) is 9.59 Å². The van der Waals surface area contributed by atoms with Crippen LogP contribution in [0.1, 0.15) is 45.1 Å². The number of ether oxygens (including phenoxy) is 1. The van der Waals surface area contributed by atoms with Gasteiger partial charge in [-0.15, -0.1) is 0 Å². The van der Waals surface area contributed by atoms with Crippen molar-refractivity contribution in [2.45, 2.75) is 52.2 Å². The lowest BCUT2D eigenvalue weighted by Crippen LogP contribution is -2.42. The van der Waals surface area contributed by atoms with E-state index in [0.29, 0.717) is 19.4 Å². The molecule has 0 aromatic heterocycles. The number of amides is 1. The van der Waals surface area contributed by atoms with Gasteiger partial charge in [0.2, 0.25) is 5.91 Å². The zero-order chi connectivity index (χ0) is 16.2. The highest BCUT2D eigenvalue weighted by molar-refractivity contribution is 5.85. The van der Waals surface area contributed by atoms with Crippen LogP contribution >= 0.6 is 0 Å². The van der Waals surface area contributed by atoms with Gasteiger partial charge in [0, 0.05) is 18.5 Å². The lowest BCUT2D eigenvalue weighted by atomic mass is 9.66. The Balaban J connectivity index is 1.93. The van der Waals surface area contributed by atoms with Gasteiger partial charge in [0.15, 0.2) is 0 Å². The Bertz CT molecular complexity index is 549. The molecule has 1 saturated carbocycles. The SMILES string of the molecule is CC(C)Oc1ccccc1CNC(=O)CC1(C(=O)O)CCC1. The van der Waals surface area contributed by atoms with Gasteiger partial charge in [-0.1, -0.05) is 24.6 Å². The van der Waals surface area contributed by atoms with Gasteiger partial charge in [-0.2, -0.15) is 0 Å². The zero-order valence-electron chi connectivity index (χ0n) is 13.1. The van der Waals surface area contributed by atoms with Gasteiger partial charge in [0.05, 0.1) is 11.5 Å². The van der Waals surface area contributed by atoms with Crippen LogP contribution in [0.5, 0.6) is 5.75 Å². The molecule has 1 aliphatic carbocycles. The minimum absolute atomic E-state index is 0.0511. The molecule has 5 nitrogen and oxygen atoms in total. The van der Waals surface area contributed by atoms with Crippen molar-refractivity contribution in [1.29, 1.82) is 0 Å². The summed E-state index contributed by atoms with van der Waals surface area (Å²) in [7, 11) is 0. The fourth-order valence-electron chi connectivity index (χ4n) is 2.65. The van der Waals surface area contributed by atoms with Crippen molar-refractivity contribution in [1.82, 2.24) is 5.32 Å². The van der Waals surface area contributed by atoms with E-state index in [1.165, 1.54) is 0 Å². The molecule has 1 aliphatic rings. The smallest absolute Gasteiger partial charge is 0.310 e. The number of hydrogen-bond donors (Lipinski definition) is 2. The summed E-state index contributed by atoms with van der Waals surface area (Å²) in [5, 5.41) is 12.1. The molecule has 0 radical (unpaired) electrons. The summed E-state index contributed by atoms with van der Waals surface area (Å²) in [6.45, 7) is 4.24. The minimum atomic E-state index is -0.863. The number of carboxylic acids is 1. The summed E-state index contributed by atoms with van der Waals surface area (Å²) >= 11 is 0. The number of para-hydroxylation sites is 1. The molecule has 5 heteroatoms. The van der Waals surface area contributed by atoms with E-state index >= 15 is 0 Å². The van der Waals surface area contributed by atoms with E-state index < -0.39 is 11.4 Å². The van der Waals surface area contributed by atoms with E-state index in [1.807, 2.05) is 38.1 Å². The molecule has 0 bridgehead atoms. The molecule has 1 fully saturated rings. The summed E-state index contributed by atoms with van der Waals surface area (Å²) in [5.74, 6) is -0.340. The van der Waals surface area contributed by atoms with E-state index in [9.17, 15) is 14.7 Å². The average Bonchev–Trinajstić information content (AvgIpc) is 2.41. The molecule has 0 saturated heterocycles. The van der Waals surface area contributed by atoms with Crippen molar-refractivity contribution in [2.24, 2.45) is 5.41 Å². The summed E-state index contributed by atoms with van der Waals surface area (Å²) in [6.07, 6.45) is 2.16. The highest BCUT2D eigenvalue weighted by Crippen LogP contribution is 2.44. The predicted molar refractivity (Wildman–Crippen MR) is 82.6 cm³/mol. The standard InChI is InChI=1S/C17H23NO4/c1-12(2)22-14-7-4-3-6-13(14)11-18-15(19)10-17(16(20)21)8-5-9-17/h3-4,6-7,12H,5,8-11H2,1-2H3,(H,18,19)(H,20,21). The fourth-order valence-corrected chi connectivity index (χ4v) is 2.65. The normalized spacial score (nSPS) is 16.0. The Kier molecular flexibility index (Phi) is 5.06. The Morgan fingerprint density at radius 1 is 1.32 bits per heavy atom. The van der Waals surface area contributed by atoms with E-state index in [-0.39, 0.29) is 18.4 Å². The second-order valence-electron chi connectivity index (χ2n) is 6.17. The van der Waals surface area contributed by atoms with Crippen LogP contribution in [0, 0.1) is 5.41 Å². The first-order valence-corrected chi connectivity index (χ1v) is 7.68. The molecule has 1 aromatic carbocycles. The molecule has 0 aliphatic heterocycles. The third-order valence-corrected chi connectivity index (χ3v) is 4.07. The molecular weight excluding hydrogens is 282 g/mol. The zero-order valence-corrected chi connectivity index (χ0v) is 13.1. The predicted octanol–water partition coefficient (Wildman–Crippen LogP) is 2.74. The molecule has 120 valence electrons. The summed E-state index contributed by atoms with van der Waals surface area (Å²) in [5.41, 5.74) is 0.0421. The molecule has 1 amide bonds. The number of rotatable bonds is 7. The molecule has 1 aromatic rings. The molecule has 22 heavy (non-hydrogen) atoms. The number of carboxylic acid groups (broad SMARTS) is 1. The highest BCUT2D eigenvalue weighted by atomic mass is 16.5. The van der Waals surface area contributed by atoms with Crippen LogP contribution in [0.25, 0.3) is 0 Å². The average molecular weight is 305 g/mol. The van der Waals surface area contributed by atoms with Crippen LogP contribution in [0.2, 0.25) is 0 Å². The third-order valence-electron chi connectivity index (χ3n) is 4.07. The van der Waals surface area contributed by atoms with Crippen LogP contribution in [0.4, 0.5) is 0 Å². The monoisotopic (exact) mass is 305 g/mol. The number of aliphatic carboxylic acids is 1. The summed E-state index contributed by atoms with van der Waals surface area (Å²) in [4.78, 5) is 23.3. The first-order valence-electron chi connectivity index (χ1n) is 7.68. The fraction of sp³-hybridized carbons (Fsp3) is 0.529. The van der Waals surface area contributed by atoms with Crippen LogP contribution in [-0.2, 0) is 16.1 Å². The highest BCUT2D eigenvalue weighted by Gasteiger charge is 2.45. The maximum Gasteiger partial charge on any atom is 0.310 e. The maximum atomic E-state index is 12.0. The number of carbonyl (C=O) groups is 2.